The second kappa shape index (κ2) is 4.11. The van der Waals surface area contributed by atoms with Crippen molar-refractivity contribution < 1.29 is 8.78 Å². The maximum atomic E-state index is 13.4. The summed E-state index contributed by atoms with van der Waals surface area (Å²) >= 11 is 3.21. The van der Waals surface area contributed by atoms with E-state index in [1.807, 2.05) is 0 Å². The highest BCUT2D eigenvalue weighted by molar-refractivity contribution is 9.10. The molecule has 0 nitrogen and oxygen atoms in total. The van der Waals surface area contributed by atoms with Crippen molar-refractivity contribution in [3.63, 3.8) is 0 Å². The Kier molecular flexibility index (Phi) is 2.82. The van der Waals surface area contributed by atoms with E-state index in [1.165, 1.54) is 18.2 Å². The molecule has 0 aliphatic heterocycles. The SMILES string of the molecule is Fc1cccc(F)c1-c1cc[c]c(Br)c1. The van der Waals surface area contributed by atoms with E-state index >= 15 is 0 Å². The van der Waals surface area contributed by atoms with Gasteiger partial charge < -0.3 is 0 Å². The van der Waals surface area contributed by atoms with Gasteiger partial charge in [0.15, 0.2) is 0 Å². The molecule has 2 rings (SSSR count). The molecule has 2 aromatic rings. The summed E-state index contributed by atoms with van der Waals surface area (Å²) in [5.74, 6) is -1.12. The number of halogens is 3. The Balaban J connectivity index is 2.63. The van der Waals surface area contributed by atoms with Crippen LogP contribution in [-0.4, -0.2) is 0 Å². The van der Waals surface area contributed by atoms with Gasteiger partial charge >= 0.3 is 0 Å². The van der Waals surface area contributed by atoms with Crippen molar-refractivity contribution in [1.82, 2.24) is 0 Å². The average Bonchev–Trinajstić information content (AvgIpc) is 2.17. The van der Waals surface area contributed by atoms with Crippen molar-refractivity contribution in [2.45, 2.75) is 0 Å². The predicted octanol–water partition coefficient (Wildman–Crippen LogP) is 4.19. The van der Waals surface area contributed by atoms with Crippen molar-refractivity contribution in [3.05, 3.63) is 58.6 Å². The first-order valence-corrected chi connectivity index (χ1v) is 5.09. The van der Waals surface area contributed by atoms with E-state index < -0.39 is 11.6 Å². The highest BCUT2D eigenvalue weighted by Crippen LogP contribution is 2.27. The molecule has 0 unspecified atom stereocenters. The maximum Gasteiger partial charge on any atom is 0.133 e. The van der Waals surface area contributed by atoms with Crippen molar-refractivity contribution in [2.24, 2.45) is 0 Å². The second-order valence-electron chi connectivity index (χ2n) is 3.02. The van der Waals surface area contributed by atoms with Gasteiger partial charge in [-0.1, -0.05) is 34.1 Å². The molecule has 0 N–H and O–H groups in total. The highest BCUT2D eigenvalue weighted by Gasteiger charge is 2.10. The number of hydrogen-bond acceptors (Lipinski definition) is 0. The van der Waals surface area contributed by atoms with Crippen LogP contribution in [0, 0.1) is 17.7 Å². The first kappa shape index (κ1) is 10.3. The van der Waals surface area contributed by atoms with Gasteiger partial charge in [0.1, 0.15) is 11.6 Å². The third-order valence-electron chi connectivity index (χ3n) is 2.02. The summed E-state index contributed by atoms with van der Waals surface area (Å²) < 4.78 is 27.5. The summed E-state index contributed by atoms with van der Waals surface area (Å²) in [6, 6.07) is 11.5. The minimum absolute atomic E-state index is 0.00722. The Morgan fingerprint density at radius 3 is 2.33 bits per heavy atom. The van der Waals surface area contributed by atoms with Crippen molar-refractivity contribution in [3.8, 4) is 11.1 Å². The number of benzene rings is 2. The molecule has 2 aromatic carbocycles. The fourth-order valence-corrected chi connectivity index (χ4v) is 1.75. The molecule has 0 atom stereocenters. The van der Waals surface area contributed by atoms with Crippen LogP contribution in [0.2, 0.25) is 0 Å². The van der Waals surface area contributed by atoms with Crippen molar-refractivity contribution >= 4 is 15.9 Å². The first-order valence-electron chi connectivity index (χ1n) is 4.30. The van der Waals surface area contributed by atoms with Gasteiger partial charge in [-0.2, -0.15) is 0 Å². The molecule has 1 radical (unpaired) electrons. The molecule has 0 aliphatic rings. The molecule has 0 heterocycles. The second-order valence-corrected chi connectivity index (χ2v) is 3.88. The zero-order chi connectivity index (χ0) is 10.8. The van der Waals surface area contributed by atoms with E-state index in [2.05, 4.69) is 22.0 Å². The van der Waals surface area contributed by atoms with Gasteiger partial charge in [-0.05, 0) is 29.8 Å². The van der Waals surface area contributed by atoms with Gasteiger partial charge in [-0.3, -0.25) is 0 Å². The summed E-state index contributed by atoms with van der Waals surface area (Å²) in [6.07, 6.45) is 0. The Bertz CT molecular complexity index is 474. The fourth-order valence-electron chi connectivity index (χ4n) is 1.37. The summed E-state index contributed by atoms with van der Waals surface area (Å²) in [7, 11) is 0. The Hall–Kier alpha value is -1.22. The topological polar surface area (TPSA) is 0 Å². The highest BCUT2D eigenvalue weighted by atomic mass is 79.9. The average molecular weight is 268 g/mol. The summed E-state index contributed by atoms with van der Waals surface area (Å²) in [5, 5.41) is 0. The van der Waals surface area contributed by atoms with Crippen LogP contribution in [-0.2, 0) is 0 Å². The maximum absolute atomic E-state index is 13.4. The molecule has 0 saturated carbocycles. The molecule has 0 amide bonds. The third kappa shape index (κ3) is 2.07. The molecule has 0 spiro atoms. The molecular weight excluding hydrogens is 262 g/mol. The summed E-state index contributed by atoms with van der Waals surface area (Å²) in [5.41, 5.74) is 0.489. The van der Waals surface area contributed by atoms with E-state index in [4.69, 9.17) is 0 Å². The predicted molar refractivity (Wildman–Crippen MR) is 58.3 cm³/mol. The van der Waals surface area contributed by atoms with Crippen molar-refractivity contribution in [1.29, 1.82) is 0 Å². The normalized spacial score (nSPS) is 10.3. The van der Waals surface area contributed by atoms with Crippen LogP contribution >= 0.6 is 15.9 Å². The van der Waals surface area contributed by atoms with Gasteiger partial charge in [0.25, 0.3) is 0 Å². The minimum Gasteiger partial charge on any atom is -0.206 e. The van der Waals surface area contributed by atoms with E-state index in [0.717, 1.165) is 0 Å². The quantitative estimate of drug-likeness (QED) is 0.727. The largest absolute Gasteiger partial charge is 0.206 e. The minimum atomic E-state index is -0.562. The Labute approximate surface area is 94.7 Å². The van der Waals surface area contributed by atoms with Gasteiger partial charge in [0.2, 0.25) is 0 Å². The fraction of sp³-hybridized carbons (Fsp3) is 0. The lowest BCUT2D eigenvalue weighted by molar-refractivity contribution is 0.589. The van der Waals surface area contributed by atoms with Crippen LogP contribution < -0.4 is 0 Å². The van der Waals surface area contributed by atoms with E-state index in [9.17, 15) is 8.78 Å². The van der Waals surface area contributed by atoms with Gasteiger partial charge in [0.05, 0.1) is 5.56 Å². The molecule has 3 heteroatoms. The number of rotatable bonds is 1. The lowest BCUT2D eigenvalue weighted by Gasteiger charge is -2.04. The summed E-state index contributed by atoms with van der Waals surface area (Å²) in [6.45, 7) is 0. The molecule has 0 bridgehead atoms. The molecule has 15 heavy (non-hydrogen) atoms. The van der Waals surface area contributed by atoms with Crippen LogP contribution in [0.3, 0.4) is 0 Å². The van der Waals surface area contributed by atoms with Gasteiger partial charge in [-0.25, -0.2) is 8.78 Å². The van der Waals surface area contributed by atoms with E-state index in [1.54, 1.807) is 18.2 Å². The first-order chi connectivity index (χ1) is 7.18. The Morgan fingerprint density at radius 2 is 1.73 bits per heavy atom. The van der Waals surface area contributed by atoms with Crippen LogP contribution in [0.1, 0.15) is 0 Å². The standard InChI is InChI=1S/C12H6BrF2/c13-9-4-1-3-8(7-9)12-10(14)5-2-6-11(12)15/h1-3,5-7H. The van der Waals surface area contributed by atoms with Crippen LogP contribution in [0.25, 0.3) is 11.1 Å². The van der Waals surface area contributed by atoms with Crippen LogP contribution in [0.5, 0.6) is 0 Å². The van der Waals surface area contributed by atoms with Crippen molar-refractivity contribution in [2.75, 3.05) is 0 Å². The van der Waals surface area contributed by atoms with Gasteiger partial charge in [0, 0.05) is 4.47 Å². The smallest absolute Gasteiger partial charge is 0.133 e. The van der Waals surface area contributed by atoms with Gasteiger partial charge in [-0.15, -0.1) is 0 Å². The van der Waals surface area contributed by atoms with Crippen LogP contribution in [0.4, 0.5) is 8.78 Å². The lowest BCUT2D eigenvalue weighted by atomic mass is 10.0. The zero-order valence-corrected chi connectivity index (χ0v) is 9.18. The zero-order valence-electron chi connectivity index (χ0n) is 7.60. The Morgan fingerprint density at radius 1 is 1.07 bits per heavy atom. The van der Waals surface area contributed by atoms with Crippen LogP contribution in [0.15, 0.2) is 40.9 Å². The molecule has 0 aromatic heterocycles. The van der Waals surface area contributed by atoms with E-state index in [0.29, 0.717) is 10.0 Å². The molecule has 0 aliphatic carbocycles. The molecular formula is C12H6BrF2. The monoisotopic (exact) mass is 267 g/mol. The molecule has 0 saturated heterocycles. The molecule has 75 valence electrons. The lowest BCUT2D eigenvalue weighted by Crippen LogP contribution is -1.89. The summed E-state index contributed by atoms with van der Waals surface area (Å²) in [4.78, 5) is 0. The van der Waals surface area contributed by atoms with E-state index in [-0.39, 0.29) is 5.56 Å². The molecule has 0 fully saturated rings. The third-order valence-corrected chi connectivity index (χ3v) is 2.48. The number of hydrogen-bond donors (Lipinski definition) is 0.